The molecule has 2 heteroatoms. The summed E-state index contributed by atoms with van der Waals surface area (Å²) in [4.78, 5) is 0. The standard InChI is InChI=1S/C29H52O2/c1-3-5-7-9-11-12-13-14-15-17-19-21-27-31-29-24-22-28(23-25-29)30-26-20-18-16-10-8-6-4-2/h22-25H,3-21,26-27H2,1-2H3. The summed E-state index contributed by atoms with van der Waals surface area (Å²) in [5.74, 6) is 1.93. The molecule has 1 aromatic rings. The predicted octanol–water partition coefficient (Wildman–Crippen LogP) is 9.90. The molecule has 0 saturated carbocycles. The molecule has 2 nitrogen and oxygen atoms in total. The zero-order valence-corrected chi connectivity index (χ0v) is 21.0. The van der Waals surface area contributed by atoms with E-state index in [1.807, 2.05) is 24.3 Å². The van der Waals surface area contributed by atoms with Crippen molar-refractivity contribution in [1.29, 1.82) is 0 Å². The summed E-state index contributed by atoms with van der Waals surface area (Å²) >= 11 is 0. The Morgan fingerprint density at radius 3 is 0.935 bits per heavy atom. The van der Waals surface area contributed by atoms with Crippen molar-refractivity contribution in [3.8, 4) is 11.5 Å². The molecule has 0 fully saturated rings. The van der Waals surface area contributed by atoms with Crippen molar-refractivity contribution < 1.29 is 9.47 Å². The highest BCUT2D eigenvalue weighted by atomic mass is 16.5. The molecule has 1 aromatic carbocycles. The van der Waals surface area contributed by atoms with Crippen molar-refractivity contribution >= 4 is 0 Å². The first-order valence-corrected chi connectivity index (χ1v) is 13.7. The zero-order chi connectivity index (χ0) is 22.2. The molecule has 1 rings (SSSR count). The molecule has 31 heavy (non-hydrogen) atoms. The Bertz CT molecular complexity index is 468. The van der Waals surface area contributed by atoms with Crippen molar-refractivity contribution in [2.45, 2.75) is 136 Å². The number of benzene rings is 1. The Hall–Kier alpha value is -1.18. The molecule has 0 atom stereocenters. The van der Waals surface area contributed by atoms with Gasteiger partial charge in [0, 0.05) is 0 Å². The van der Waals surface area contributed by atoms with Crippen LogP contribution < -0.4 is 9.47 Å². The van der Waals surface area contributed by atoms with Crippen LogP contribution in [0.3, 0.4) is 0 Å². The van der Waals surface area contributed by atoms with Crippen LogP contribution in [-0.4, -0.2) is 13.2 Å². The summed E-state index contributed by atoms with van der Waals surface area (Å²) < 4.78 is 11.7. The Balaban J connectivity index is 1.89. The van der Waals surface area contributed by atoms with Crippen LogP contribution in [0.4, 0.5) is 0 Å². The second-order valence-electron chi connectivity index (χ2n) is 9.18. The summed E-state index contributed by atoms with van der Waals surface area (Å²) in [5, 5.41) is 0. The molecular weight excluding hydrogens is 380 g/mol. The van der Waals surface area contributed by atoms with Crippen LogP contribution in [0.2, 0.25) is 0 Å². The number of unbranched alkanes of at least 4 members (excludes halogenated alkanes) is 17. The van der Waals surface area contributed by atoms with E-state index in [0.717, 1.165) is 37.6 Å². The fourth-order valence-electron chi connectivity index (χ4n) is 4.01. The maximum Gasteiger partial charge on any atom is 0.119 e. The van der Waals surface area contributed by atoms with Crippen LogP contribution in [-0.2, 0) is 0 Å². The highest BCUT2D eigenvalue weighted by molar-refractivity contribution is 5.31. The molecule has 0 radical (unpaired) electrons. The van der Waals surface area contributed by atoms with Gasteiger partial charge in [0.05, 0.1) is 13.2 Å². The quantitative estimate of drug-likeness (QED) is 0.160. The lowest BCUT2D eigenvalue weighted by Gasteiger charge is -2.09. The summed E-state index contributed by atoms with van der Waals surface area (Å²) in [6.07, 6.45) is 25.8. The summed E-state index contributed by atoms with van der Waals surface area (Å²) in [6.45, 7) is 6.21. The second-order valence-corrected chi connectivity index (χ2v) is 9.18. The number of hydrogen-bond acceptors (Lipinski definition) is 2. The molecule has 0 bridgehead atoms. The van der Waals surface area contributed by atoms with Gasteiger partial charge < -0.3 is 9.47 Å². The molecule has 0 aliphatic carbocycles. The van der Waals surface area contributed by atoms with Gasteiger partial charge in [0.25, 0.3) is 0 Å². The Kier molecular flexibility index (Phi) is 19.8. The molecule has 0 N–H and O–H groups in total. The van der Waals surface area contributed by atoms with E-state index in [9.17, 15) is 0 Å². The van der Waals surface area contributed by atoms with Gasteiger partial charge in [-0.3, -0.25) is 0 Å². The van der Waals surface area contributed by atoms with E-state index in [1.165, 1.54) is 109 Å². The normalized spacial score (nSPS) is 11.0. The molecule has 0 spiro atoms. The minimum Gasteiger partial charge on any atom is -0.494 e. The van der Waals surface area contributed by atoms with E-state index in [2.05, 4.69) is 13.8 Å². The Morgan fingerprint density at radius 2 is 0.645 bits per heavy atom. The van der Waals surface area contributed by atoms with Crippen LogP contribution in [0, 0.1) is 0 Å². The van der Waals surface area contributed by atoms with E-state index in [1.54, 1.807) is 0 Å². The molecular formula is C29H52O2. The first kappa shape index (κ1) is 27.9. The predicted molar refractivity (Wildman–Crippen MR) is 137 cm³/mol. The van der Waals surface area contributed by atoms with Gasteiger partial charge in [-0.2, -0.15) is 0 Å². The monoisotopic (exact) mass is 432 g/mol. The molecule has 0 saturated heterocycles. The third kappa shape index (κ3) is 18.1. The molecule has 0 unspecified atom stereocenters. The van der Waals surface area contributed by atoms with E-state index in [0.29, 0.717) is 0 Å². The Labute approximate surface area is 194 Å². The molecule has 0 amide bonds. The summed E-state index contributed by atoms with van der Waals surface area (Å²) in [7, 11) is 0. The maximum absolute atomic E-state index is 5.89. The van der Waals surface area contributed by atoms with Crippen LogP contribution >= 0.6 is 0 Å². The second kappa shape index (κ2) is 22.0. The lowest BCUT2D eigenvalue weighted by molar-refractivity contribution is 0.296. The van der Waals surface area contributed by atoms with Gasteiger partial charge in [-0.1, -0.05) is 123 Å². The SMILES string of the molecule is CCCCCCCCCCCCCCOc1ccc(OCCCCCCCCC)cc1. The van der Waals surface area contributed by atoms with Gasteiger partial charge in [0.15, 0.2) is 0 Å². The van der Waals surface area contributed by atoms with Gasteiger partial charge in [-0.05, 0) is 37.1 Å². The van der Waals surface area contributed by atoms with Gasteiger partial charge in [-0.15, -0.1) is 0 Å². The fraction of sp³-hybridized carbons (Fsp3) is 0.793. The number of hydrogen-bond donors (Lipinski definition) is 0. The highest BCUT2D eigenvalue weighted by Gasteiger charge is 1.98. The van der Waals surface area contributed by atoms with E-state index < -0.39 is 0 Å². The van der Waals surface area contributed by atoms with E-state index in [4.69, 9.17) is 9.47 Å². The lowest BCUT2D eigenvalue weighted by Crippen LogP contribution is -1.99. The smallest absolute Gasteiger partial charge is 0.119 e. The van der Waals surface area contributed by atoms with Crippen molar-refractivity contribution in [1.82, 2.24) is 0 Å². The van der Waals surface area contributed by atoms with Gasteiger partial charge in [0.2, 0.25) is 0 Å². The molecule has 0 aromatic heterocycles. The average Bonchev–Trinajstić information content (AvgIpc) is 2.79. The summed E-state index contributed by atoms with van der Waals surface area (Å²) in [6, 6.07) is 8.17. The van der Waals surface area contributed by atoms with Gasteiger partial charge >= 0.3 is 0 Å². The third-order valence-corrected chi connectivity index (χ3v) is 6.11. The molecule has 0 heterocycles. The lowest BCUT2D eigenvalue weighted by atomic mass is 10.1. The first-order valence-electron chi connectivity index (χ1n) is 13.7. The van der Waals surface area contributed by atoms with E-state index >= 15 is 0 Å². The number of rotatable bonds is 23. The van der Waals surface area contributed by atoms with E-state index in [-0.39, 0.29) is 0 Å². The average molecular weight is 433 g/mol. The zero-order valence-electron chi connectivity index (χ0n) is 21.0. The highest BCUT2D eigenvalue weighted by Crippen LogP contribution is 2.19. The minimum atomic E-state index is 0.826. The molecule has 0 aliphatic heterocycles. The van der Waals surface area contributed by atoms with Crippen molar-refractivity contribution in [3.05, 3.63) is 24.3 Å². The third-order valence-electron chi connectivity index (χ3n) is 6.11. The minimum absolute atomic E-state index is 0.826. The van der Waals surface area contributed by atoms with Crippen molar-refractivity contribution in [2.75, 3.05) is 13.2 Å². The van der Waals surface area contributed by atoms with Gasteiger partial charge in [-0.25, -0.2) is 0 Å². The summed E-state index contributed by atoms with van der Waals surface area (Å²) in [5.41, 5.74) is 0. The number of ether oxygens (including phenoxy) is 2. The first-order chi connectivity index (χ1) is 15.4. The Morgan fingerprint density at radius 1 is 0.387 bits per heavy atom. The van der Waals surface area contributed by atoms with Gasteiger partial charge in [0.1, 0.15) is 11.5 Å². The van der Waals surface area contributed by atoms with Crippen LogP contribution in [0.25, 0.3) is 0 Å². The maximum atomic E-state index is 5.89. The van der Waals surface area contributed by atoms with Crippen molar-refractivity contribution in [3.63, 3.8) is 0 Å². The largest absolute Gasteiger partial charge is 0.494 e. The fourth-order valence-corrected chi connectivity index (χ4v) is 4.01. The molecule has 180 valence electrons. The molecule has 0 aliphatic rings. The van der Waals surface area contributed by atoms with Crippen LogP contribution in [0.1, 0.15) is 136 Å². The topological polar surface area (TPSA) is 18.5 Å². The van der Waals surface area contributed by atoms with Crippen LogP contribution in [0.5, 0.6) is 11.5 Å². The van der Waals surface area contributed by atoms with Crippen molar-refractivity contribution in [2.24, 2.45) is 0 Å². The van der Waals surface area contributed by atoms with Crippen LogP contribution in [0.15, 0.2) is 24.3 Å².